The molecule has 3 rings (SSSR count). The monoisotopic (exact) mass is 391 g/mol. The normalized spacial score (nSPS) is 11.9. The Hall–Kier alpha value is -2.90. The summed E-state index contributed by atoms with van der Waals surface area (Å²) >= 11 is 6.36. The predicted octanol–water partition coefficient (Wildman–Crippen LogP) is 5.44. The van der Waals surface area contributed by atoms with E-state index in [1.54, 1.807) is 0 Å². The quantitative estimate of drug-likeness (QED) is 0.602. The zero-order valence-corrected chi connectivity index (χ0v) is 17.2. The molecule has 1 aromatic heterocycles. The molecule has 1 heterocycles. The highest BCUT2D eigenvalue weighted by molar-refractivity contribution is 6.30. The molecule has 3 aromatic rings. The Morgan fingerprint density at radius 2 is 1.75 bits per heavy atom. The lowest BCUT2D eigenvalue weighted by atomic mass is 9.98. The first-order valence-electron chi connectivity index (χ1n) is 9.13. The summed E-state index contributed by atoms with van der Waals surface area (Å²) in [4.78, 5) is 17.2. The molecule has 0 saturated carbocycles. The van der Waals surface area contributed by atoms with Gasteiger partial charge in [-0.3, -0.25) is 4.79 Å². The number of para-hydroxylation sites is 1. The van der Waals surface area contributed by atoms with Gasteiger partial charge in [0.15, 0.2) is 0 Å². The fourth-order valence-electron chi connectivity index (χ4n) is 3.24. The highest BCUT2D eigenvalue weighted by Gasteiger charge is 2.22. The highest BCUT2D eigenvalue weighted by Crippen LogP contribution is 2.26. The van der Waals surface area contributed by atoms with E-state index in [4.69, 9.17) is 11.6 Å². The number of nitrogens with one attached hydrogen (secondary N) is 1. The van der Waals surface area contributed by atoms with Gasteiger partial charge < -0.3 is 5.32 Å². The van der Waals surface area contributed by atoms with Gasteiger partial charge in [-0.15, -0.1) is 0 Å². The van der Waals surface area contributed by atoms with Crippen molar-refractivity contribution in [2.75, 3.05) is 5.32 Å². The van der Waals surface area contributed by atoms with Crippen molar-refractivity contribution in [1.82, 2.24) is 4.98 Å². The Kier molecular flexibility index (Phi) is 5.67. The zero-order chi connectivity index (χ0) is 20.4. The van der Waals surface area contributed by atoms with Crippen LogP contribution in [0, 0.1) is 44.9 Å². The van der Waals surface area contributed by atoms with Gasteiger partial charge in [0, 0.05) is 17.5 Å². The standard InChI is InChI=1S/C23H22ClN3O/c1-13-6-5-7-14(2)21(13)27-23(28)19(12-25)11-18-10-17-8-15(3)16(4)9-20(17)26-22(18)24/h5-10,19H,11H2,1-4H3,(H,27,28). The number of fused-ring (bicyclic) bond motifs is 1. The maximum atomic E-state index is 12.7. The van der Waals surface area contributed by atoms with Gasteiger partial charge in [-0.1, -0.05) is 29.8 Å². The van der Waals surface area contributed by atoms with Gasteiger partial charge >= 0.3 is 0 Å². The smallest absolute Gasteiger partial charge is 0.242 e. The third-order valence-electron chi connectivity index (χ3n) is 5.08. The molecule has 0 saturated heterocycles. The van der Waals surface area contributed by atoms with Gasteiger partial charge in [0.25, 0.3) is 0 Å². The van der Waals surface area contributed by atoms with Crippen LogP contribution in [0.3, 0.4) is 0 Å². The number of anilines is 1. The zero-order valence-electron chi connectivity index (χ0n) is 16.4. The fourth-order valence-corrected chi connectivity index (χ4v) is 3.47. The third-order valence-corrected chi connectivity index (χ3v) is 5.41. The minimum Gasteiger partial charge on any atom is -0.324 e. The molecule has 0 radical (unpaired) electrons. The molecule has 0 aliphatic rings. The highest BCUT2D eigenvalue weighted by atomic mass is 35.5. The number of pyridine rings is 1. The Bertz CT molecular complexity index is 1090. The summed E-state index contributed by atoms with van der Waals surface area (Å²) in [5.74, 6) is -1.20. The second-order valence-corrected chi connectivity index (χ2v) is 7.57. The lowest BCUT2D eigenvalue weighted by Crippen LogP contribution is -2.24. The van der Waals surface area contributed by atoms with Gasteiger partial charge in [-0.05, 0) is 73.7 Å². The molecule has 1 amide bonds. The van der Waals surface area contributed by atoms with E-state index in [0.29, 0.717) is 10.7 Å². The molecular formula is C23H22ClN3O. The van der Waals surface area contributed by atoms with Crippen molar-refractivity contribution in [3.63, 3.8) is 0 Å². The first-order valence-corrected chi connectivity index (χ1v) is 9.51. The SMILES string of the molecule is Cc1cc2cc(CC(C#N)C(=O)Nc3c(C)cccc3C)c(Cl)nc2cc1C. The first-order chi connectivity index (χ1) is 13.3. The van der Waals surface area contributed by atoms with Crippen LogP contribution in [0.1, 0.15) is 27.8 Å². The van der Waals surface area contributed by atoms with Crippen molar-refractivity contribution in [1.29, 1.82) is 5.26 Å². The summed E-state index contributed by atoms with van der Waals surface area (Å²) in [6.45, 7) is 7.93. The number of carbonyl (C=O) groups is 1. The van der Waals surface area contributed by atoms with Gasteiger partial charge in [0.05, 0.1) is 11.6 Å². The van der Waals surface area contributed by atoms with Crippen LogP contribution in [-0.4, -0.2) is 10.9 Å². The minimum absolute atomic E-state index is 0.210. The fraction of sp³-hybridized carbons (Fsp3) is 0.261. The van der Waals surface area contributed by atoms with Crippen molar-refractivity contribution >= 4 is 34.1 Å². The second kappa shape index (κ2) is 8.00. The summed E-state index contributed by atoms with van der Waals surface area (Å²) in [6, 6.07) is 13.9. The summed E-state index contributed by atoms with van der Waals surface area (Å²) < 4.78 is 0. The van der Waals surface area contributed by atoms with E-state index in [1.807, 2.05) is 58.0 Å². The van der Waals surface area contributed by atoms with Gasteiger partial charge in [-0.25, -0.2) is 4.98 Å². The van der Waals surface area contributed by atoms with Crippen molar-refractivity contribution in [3.05, 3.63) is 69.4 Å². The molecule has 1 N–H and O–H groups in total. The van der Waals surface area contributed by atoms with E-state index in [9.17, 15) is 10.1 Å². The average molecular weight is 392 g/mol. The molecule has 1 atom stereocenters. The second-order valence-electron chi connectivity index (χ2n) is 7.21. The molecule has 0 fully saturated rings. The number of amides is 1. The van der Waals surface area contributed by atoms with Crippen LogP contribution in [0.25, 0.3) is 10.9 Å². The molecule has 0 bridgehead atoms. The molecule has 5 heteroatoms. The van der Waals surface area contributed by atoms with E-state index in [2.05, 4.69) is 22.4 Å². The number of nitrogens with zero attached hydrogens (tertiary/aromatic N) is 2. The van der Waals surface area contributed by atoms with Crippen LogP contribution in [-0.2, 0) is 11.2 Å². The number of aryl methyl sites for hydroxylation is 4. The topological polar surface area (TPSA) is 65.8 Å². The molecule has 142 valence electrons. The lowest BCUT2D eigenvalue weighted by molar-refractivity contribution is -0.118. The number of rotatable bonds is 4. The molecule has 28 heavy (non-hydrogen) atoms. The largest absolute Gasteiger partial charge is 0.324 e. The van der Waals surface area contributed by atoms with E-state index in [1.165, 1.54) is 0 Å². The minimum atomic E-state index is -0.859. The van der Waals surface area contributed by atoms with Crippen molar-refractivity contribution in [2.24, 2.45) is 5.92 Å². The van der Waals surface area contributed by atoms with Crippen LogP contribution in [0.4, 0.5) is 5.69 Å². The van der Waals surface area contributed by atoms with Crippen LogP contribution in [0.2, 0.25) is 5.15 Å². The van der Waals surface area contributed by atoms with E-state index < -0.39 is 5.92 Å². The molecule has 0 aliphatic heterocycles. The molecule has 0 spiro atoms. The third kappa shape index (κ3) is 4.00. The Morgan fingerprint density at radius 1 is 1.11 bits per heavy atom. The lowest BCUT2D eigenvalue weighted by Gasteiger charge is -2.15. The van der Waals surface area contributed by atoms with Gasteiger partial charge in [-0.2, -0.15) is 5.26 Å². The van der Waals surface area contributed by atoms with Crippen molar-refractivity contribution < 1.29 is 4.79 Å². The first kappa shape index (κ1) is 19.9. The number of benzene rings is 2. The Labute approximate surface area is 170 Å². The Morgan fingerprint density at radius 3 is 2.39 bits per heavy atom. The van der Waals surface area contributed by atoms with E-state index in [0.717, 1.165) is 38.8 Å². The number of aromatic nitrogens is 1. The number of hydrogen-bond donors (Lipinski definition) is 1. The molecule has 1 unspecified atom stereocenters. The van der Waals surface area contributed by atoms with Crippen molar-refractivity contribution in [3.8, 4) is 6.07 Å². The molecule has 4 nitrogen and oxygen atoms in total. The van der Waals surface area contributed by atoms with Crippen LogP contribution < -0.4 is 5.32 Å². The Balaban J connectivity index is 1.88. The summed E-state index contributed by atoms with van der Waals surface area (Å²) in [5, 5.41) is 13.8. The summed E-state index contributed by atoms with van der Waals surface area (Å²) in [5.41, 5.74) is 6.48. The van der Waals surface area contributed by atoms with Crippen LogP contribution in [0.15, 0.2) is 36.4 Å². The van der Waals surface area contributed by atoms with Crippen LogP contribution >= 0.6 is 11.6 Å². The number of carbonyl (C=O) groups excluding carboxylic acids is 1. The van der Waals surface area contributed by atoms with E-state index >= 15 is 0 Å². The molecule has 0 aliphatic carbocycles. The van der Waals surface area contributed by atoms with Crippen LogP contribution in [0.5, 0.6) is 0 Å². The predicted molar refractivity (Wildman–Crippen MR) is 114 cm³/mol. The summed E-state index contributed by atoms with van der Waals surface area (Å²) in [6.07, 6.45) is 0.210. The van der Waals surface area contributed by atoms with Gasteiger partial charge in [0.2, 0.25) is 5.91 Å². The number of nitriles is 1. The van der Waals surface area contributed by atoms with E-state index in [-0.39, 0.29) is 12.3 Å². The summed E-state index contributed by atoms with van der Waals surface area (Å²) in [7, 11) is 0. The number of hydrogen-bond acceptors (Lipinski definition) is 3. The van der Waals surface area contributed by atoms with Gasteiger partial charge in [0.1, 0.15) is 11.1 Å². The molecule has 2 aromatic carbocycles. The maximum absolute atomic E-state index is 12.7. The van der Waals surface area contributed by atoms with Crippen molar-refractivity contribution in [2.45, 2.75) is 34.1 Å². The maximum Gasteiger partial charge on any atom is 0.242 e. The molecular weight excluding hydrogens is 370 g/mol. The average Bonchev–Trinajstić information content (AvgIpc) is 2.64. The number of halogens is 1.